The van der Waals surface area contributed by atoms with Crippen LogP contribution in [0.15, 0.2) is 24.3 Å². The van der Waals surface area contributed by atoms with Crippen LogP contribution in [0.4, 0.5) is 0 Å². The highest BCUT2D eigenvalue weighted by atomic mass is 16.5. The average molecular weight is 244 g/mol. The molecule has 2 aliphatic rings. The van der Waals surface area contributed by atoms with Crippen LogP contribution in [0.2, 0.25) is 0 Å². The third kappa shape index (κ3) is 2.03. The number of benzene rings is 1. The molecule has 0 aliphatic carbocycles. The van der Waals surface area contributed by atoms with Gasteiger partial charge in [0, 0.05) is 31.9 Å². The summed E-state index contributed by atoms with van der Waals surface area (Å²) in [6.45, 7) is 5.93. The van der Waals surface area contributed by atoms with E-state index >= 15 is 0 Å². The largest absolute Gasteiger partial charge is 0.381 e. The van der Waals surface area contributed by atoms with Crippen LogP contribution in [0.1, 0.15) is 30.9 Å². The van der Waals surface area contributed by atoms with E-state index in [4.69, 9.17) is 10.1 Å². The minimum atomic E-state index is 0.298. The Morgan fingerprint density at radius 1 is 1.28 bits per heavy atom. The van der Waals surface area contributed by atoms with Gasteiger partial charge in [-0.1, -0.05) is 31.2 Å². The summed E-state index contributed by atoms with van der Waals surface area (Å²) < 4.78 is 5.45. The van der Waals surface area contributed by atoms with Gasteiger partial charge in [0.2, 0.25) is 0 Å². The Morgan fingerprint density at radius 3 is 2.72 bits per heavy atom. The molecule has 0 amide bonds. The van der Waals surface area contributed by atoms with E-state index in [1.807, 2.05) is 6.07 Å². The molecule has 3 heteroatoms. The maximum absolute atomic E-state index is 8.29. The molecule has 0 saturated carbocycles. The number of ether oxygens (including phenoxy) is 1. The van der Waals surface area contributed by atoms with Crippen molar-refractivity contribution in [1.29, 1.82) is 5.41 Å². The van der Waals surface area contributed by atoms with E-state index in [0.29, 0.717) is 11.3 Å². The van der Waals surface area contributed by atoms with Gasteiger partial charge in [0.15, 0.2) is 0 Å². The standard InChI is InChI=1S/C15H20N2O/c1-15(6-8-18-9-7-15)11-17-10-12-4-2-3-5-13(12)14(17)16/h2-5,16H,6-11H2,1H3. The fourth-order valence-corrected chi connectivity index (χ4v) is 2.96. The van der Waals surface area contributed by atoms with Crippen molar-refractivity contribution in [3.63, 3.8) is 0 Å². The quantitative estimate of drug-likeness (QED) is 0.868. The van der Waals surface area contributed by atoms with Crippen molar-refractivity contribution in [1.82, 2.24) is 4.90 Å². The van der Waals surface area contributed by atoms with Crippen LogP contribution in [-0.2, 0) is 11.3 Å². The average Bonchev–Trinajstić information content (AvgIpc) is 2.67. The molecule has 2 heterocycles. The van der Waals surface area contributed by atoms with E-state index in [9.17, 15) is 0 Å². The molecule has 1 aromatic rings. The number of nitrogens with zero attached hydrogens (tertiary/aromatic N) is 1. The monoisotopic (exact) mass is 244 g/mol. The van der Waals surface area contributed by atoms with Crippen LogP contribution >= 0.6 is 0 Å². The SMILES string of the molecule is CC1(CN2Cc3ccccc3C2=N)CCOCC1. The summed E-state index contributed by atoms with van der Waals surface area (Å²) in [5, 5.41) is 8.29. The van der Waals surface area contributed by atoms with Gasteiger partial charge in [-0.15, -0.1) is 0 Å². The highest BCUT2D eigenvalue weighted by Gasteiger charge is 2.33. The maximum Gasteiger partial charge on any atom is 0.128 e. The Labute approximate surface area is 108 Å². The number of amidine groups is 1. The van der Waals surface area contributed by atoms with Crippen LogP contribution < -0.4 is 0 Å². The summed E-state index contributed by atoms with van der Waals surface area (Å²) in [5.74, 6) is 0.693. The van der Waals surface area contributed by atoms with Gasteiger partial charge in [-0.3, -0.25) is 5.41 Å². The summed E-state index contributed by atoms with van der Waals surface area (Å²) >= 11 is 0. The number of nitrogens with one attached hydrogen (secondary N) is 1. The molecule has 0 unspecified atom stereocenters. The third-order valence-corrected chi connectivity index (χ3v) is 4.22. The topological polar surface area (TPSA) is 36.3 Å². The van der Waals surface area contributed by atoms with Crippen molar-refractivity contribution in [2.75, 3.05) is 19.8 Å². The second-order valence-corrected chi connectivity index (χ2v) is 5.78. The van der Waals surface area contributed by atoms with E-state index in [-0.39, 0.29) is 0 Å². The summed E-state index contributed by atoms with van der Waals surface area (Å²) in [6, 6.07) is 8.28. The number of rotatable bonds is 2. The third-order valence-electron chi connectivity index (χ3n) is 4.22. The minimum absolute atomic E-state index is 0.298. The molecule has 0 bridgehead atoms. The van der Waals surface area contributed by atoms with Crippen molar-refractivity contribution in [2.24, 2.45) is 5.41 Å². The second kappa shape index (κ2) is 4.39. The highest BCUT2D eigenvalue weighted by Crippen LogP contribution is 2.33. The summed E-state index contributed by atoms with van der Waals surface area (Å²) in [4.78, 5) is 2.22. The van der Waals surface area contributed by atoms with Gasteiger partial charge in [-0.2, -0.15) is 0 Å². The van der Waals surface area contributed by atoms with Gasteiger partial charge in [0.1, 0.15) is 5.84 Å². The molecule has 3 nitrogen and oxygen atoms in total. The Bertz CT molecular complexity index is 463. The lowest BCUT2D eigenvalue weighted by molar-refractivity contribution is 0.0139. The Morgan fingerprint density at radius 2 is 2.00 bits per heavy atom. The zero-order valence-corrected chi connectivity index (χ0v) is 10.9. The van der Waals surface area contributed by atoms with Crippen LogP contribution in [0.25, 0.3) is 0 Å². The number of hydrogen-bond acceptors (Lipinski definition) is 2. The second-order valence-electron chi connectivity index (χ2n) is 5.78. The Hall–Kier alpha value is -1.35. The highest BCUT2D eigenvalue weighted by molar-refractivity contribution is 6.00. The minimum Gasteiger partial charge on any atom is -0.381 e. The fourth-order valence-electron chi connectivity index (χ4n) is 2.96. The molecule has 1 fully saturated rings. The summed E-state index contributed by atoms with van der Waals surface area (Å²) in [5.41, 5.74) is 2.69. The molecule has 18 heavy (non-hydrogen) atoms. The molecule has 0 spiro atoms. The molecule has 3 rings (SSSR count). The summed E-state index contributed by atoms with van der Waals surface area (Å²) in [6.07, 6.45) is 2.21. The Kier molecular flexibility index (Phi) is 2.86. The first kappa shape index (κ1) is 11.7. The van der Waals surface area contributed by atoms with Crippen LogP contribution in [0, 0.1) is 10.8 Å². The van der Waals surface area contributed by atoms with Gasteiger partial charge < -0.3 is 9.64 Å². The molecular formula is C15H20N2O. The first-order valence-electron chi connectivity index (χ1n) is 6.67. The molecule has 1 saturated heterocycles. The van der Waals surface area contributed by atoms with Crippen molar-refractivity contribution < 1.29 is 4.74 Å². The van der Waals surface area contributed by atoms with Crippen LogP contribution in [0.3, 0.4) is 0 Å². The van der Waals surface area contributed by atoms with Crippen molar-refractivity contribution in [2.45, 2.75) is 26.3 Å². The van der Waals surface area contributed by atoms with Gasteiger partial charge >= 0.3 is 0 Å². The molecule has 0 radical (unpaired) electrons. The number of hydrogen-bond donors (Lipinski definition) is 1. The predicted molar refractivity (Wildman–Crippen MR) is 71.8 cm³/mol. The van der Waals surface area contributed by atoms with Gasteiger partial charge in [0.25, 0.3) is 0 Å². The van der Waals surface area contributed by atoms with Crippen molar-refractivity contribution >= 4 is 5.84 Å². The van der Waals surface area contributed by atoms with Gasteiger partial charge in [-0.25, -0.2) is 0 Å². The first-order chi connectivity index (χ1) is 8.68. The lowest BCUT2D eigenvalue weighted by Crippen LogP contribution is -2.39. The molecule has 0 aromatic heterocycles. The molecule has 2 aliphatic heterocycles. The first-order valence-corrected chi connectivity index (χ1v) is 6.67. The van der Waals surface area contributed by atoms with Crippen LogP contribution in [-0.4, -0.2) is 30.5 Å². The normalized spacial score (nSPS) is 22.1. The van der Waals surface area contributed by atoms with Gasteiger partial charge in [0.05, 0.1) is 0 Å². The van der Waals surface area contributed by atoms with Crippen LogP contribution in [0.5, 0.6) is 0 Å². The zero-order valence-electron chi connectivity index (χ0n) is 10.9. The number of fused-ring (bicyclic) bond motifs is 1. The predicted octanol–water partition coefficient (Wildman–Crippen LogP) is 2.64. The molecule has 0 atom stereocenters. The molecule has 1 aromatic carbocycles. The lowest BCUT2D eigenvalue weighted by Gasteiger charge is -2.37. The van der Waals surface area contributed by atoms with E-state index in [0.717, 1.165) is 44.7 Å². The molecule has 96 valence electrons. The van der Waals surface area contributed by atoms with Crippen molar-refractivity contribution in [3.05, 3.63) is 35.4 Å². The Balaban J connectivity index is 1.74. The smallest absolute Gasteiger partial charge is 0.128 e. The summed E-state index contributed by atoms with van der Waals surface area (Å²) in [7, 11) is 0. The zero-order chi connectivity index (χ0) is 12.6. The molecular weight excluding hydrogens is 224 g/mol. The molecule has 1 N–H and O–H groups in total. The van der Waals surface area contributed by atoms with E-state index < -0.39 is 0 Å². The lowest BCUT2D eigenvalue weighted by atomic mass is 9.82. The van der Waals surface area contributed by atoms with E-state index in [1.165, 1.54) is 5.56 Å². The maximum atomic E-state index is 8.29. The van der Waals surface area contributed by atoms with Crippen molar-refractivity contribution in [3.8, 4) is 0 Å². The van der Waals surface area contributed by atoms with E-state index in [2.05, 4.69) is 30.0 Å². The van der Waals surface area contributed by atoms with Gasteiger partial charge in [-0.05, 0) is 23.8 Å². The van der Waals surface area contributed by atoms with E-state index in [1.54, 1.807) is 0 Å². The fraction of sp³-hybridized carbons (Fsp3) is 0.533.